The van der Waals surface area contributed by atoms with Gasteiger partial charge in [0.15, 0.2) is 0 Å². The van der Waals surface area contributed by atoms with Gasteiger partial charge in [0.25, 0.3) is 5.92 Å². The van der Waals surface area contributed by atoms with Crippen LogP contribution in [-0.4, -0.2) is 52.5 Å². The second-order valence-electron chi connectivity index (χ2n) is 7.07. The molecule has 0 spiro atoms. The number of halogens is 2. The first-order valence-electron chi connectivity index (χ1n) is 8.78. The zero-order valence-corrected chi connectivity index (χ0v) is 14.3. The fourth-order valence-electron chi connectivity index (χ4n) is 3.87. The third-order valence-corrected chi connectivity index (χ3v) is 5.39. The molecule has 1 amide bonds. The average Bonchev–Trinajstić information content (AvgIpc) is 3.20. The molecule has 7 heteroatoms. The van der Waals surface area contributed by atoms with Gasteiger partial charge in [-0.3, -0.25) is 4.79 Å². The summed E-state index contributed by atoms with van der Waals surface area (Å²) in [6.45, 7) is 1.68. The summed E-state index contributed by atoms with van der Waals surface area (Å²) in [6, 6.07) is 7.95. The minimum Gasteiger partial charge on any atom is -0.342 e. The van der Waals surface area contributed by atoms with Gasteiger partial charge in [0, 0.05) is 46.1 Å². The number of anilines is 1. The largest absolute Gasteiger partial charge is 0.342 e. The van der Waals surface area contributed by atoms with E-state index in [-0.39, 0.29) is 37.8 Å². The van der Waals surface area contributed by atoms with Gasteiger partial charge in [0.05, 0.1) is 17.0 Å². The van der Waals surface area contributed by atoms with Crippen molar-refractivity contribution in [2.24, 2.45) is 13.0 Å². The Morgan fingerprint density at radius 1 is 1.20 bits per heavy atom. The van der Waals surface area contributed by atoms with Crippen molar-refractivity contribution in [2.75, 3.05) is 31.1 Å². The second-order valence-corrected chi connectivity index (χ2v) is 7.07. The number of rotatable bonds is 2. The van der Waals surface area contributed by atoms with Crippen LogP contribution in [0.1, 0.15) is 19.3 Å². The molecule has 134 valence electrons. The smallest absolute Gasteiger partial charge is 0.251 e. The van der Waals surface area contributed by atoms with Gasteiger partial charge in [-0.15, -0.1) is 0 Å². The third-order valence-electron chi connectivity index (χ3n) is 5.39. The highest BCUT2D eigenvalue weighted by Crippen LogP contribution is 2.31. The molecule has 25 heavy (non-hydrogen) atoms. The fourth-order valence-corrected chi connectivity index (χ4v) is 3.87. The van der Waals surface area contributed by atoms with Gasteiger partial charge < -0.3 is 14.4 Å². The predicted octanol–water partition coefficient (Wildman–Crippen LogP) is 2.66. The van der Waals surface area contributed by atoms with Crippen LogP contribution in [0.25, 0.3) is 11.0 Å². The van der Waals surface area contributed by atoms with Gasteiger partial charge >= 0.3 is 0 Å². The summed E-state index contributed by atoms with van der Waals surface area (Å²) in [6.07, 6.45) is 0.300. The molecule has 4 rings (SSSR count). The van der Waals surface area contributed by atoms with E-state index in [1.54, 1.807) is 4.90 Å². The van der Waals surface area contributed by atoms with E-state index in [0.717, 1.165) is 29.9 Å². The highest BCUT2D eigenvalue weighted by atomic mass is 19.3. The van der Waals surface area contributed by atoms with E-state index in [1.807, 2.05) is 35.9 Å². The molecule has 1 aromatic carbocycles. The summed E-state index contributed by atoms with van der Waals surface area (Å²) >= 11 is 0. The first-order valence-corrected chi connectivity index (χ1v) is 8.78. The van der Waals surface area contributed by atoms with Gasteiger partial charge in [-0.2, -0.15) is 0 Å². The number of para-hydroxylation sites is 2. The molecule has 0 bridgehead atoms. The van der Waals surface area contributed by atoms with Crippen LogP contribution in [0.15, 0.2) is 24.3 Å². The van der Waals surface area contributed by atoms with E-state index in [0.29, 0.717) is 6.54 Å². The summed E-state index contributed by atoms with van der Waals surface area (Å²) in [5.41, 5.74) is 2.00. The number of likely N-dealkylation sites (tertiary alicyclic amines) is 1. The van der Waals surface area contributed by atoms with Gasteiger partial charge in [0.2, 0.25) is 11.9 Å². The molecule has 2 aromatic rings. The van der Waals surface area contributed by atoms with E-state index in [1.165, 1.54) is 0 Å². The molecule has 2 saturated heterocycles. The standard InChI is InChI=1S/C18H22F2N4O/c1-22-15-5-3-2-4-14(15)21-17(22)24-9-6-13(12-24)16(25)23-10-7-18(19,20)8-11-23/h2-5,13H,6-12H2,1H3. The molecule has 0 saturated carbocycles. The number of aryl methyl sites for hydroxylation is 1. The van der Waals surface area contributed by atoms with E-state index in [9.17, 15) is 13.6 Å². The van der Waals surface area contributed by atoms with E-state index < -0.39 is 5.92 Å². The molecule has 5 nitrogen and oxygen atoms in total. The molecule has 1 unspecified atom stereocenters. The predicted molar refractivity (Wildman–Crippen MR) is 91.8 cm³/mol. The van der Waals surface area contributed by atoms with Crippen molar-refractivity contribution in [2.45, 2.75) is 25.2 Å². The van der Waals surface area contributed by atoms with Gasteiger partial charge in [-0.25, -0.2) is 13.8 Å². The summed E-state index contributed by atoms with van der Waals surface area (Å²) in [7, 11) is 1.98. The molecule has 2 fully saturated rings. The SMILES string of the molecule is Cn1c(N2CCC(C(=O)N3CCC(F)(F)CC3)C2)nc2ccccc21. The Morgan fingerprint density at radius 3 is 2.64 bits per heavy atom. The number of piperidine rings is 1. The van der Waals surface area contributed by atoms with Crippen molar-refractivity contribution in [1.29, 1.82) is 0 Å². The number of aromatic nitrogens is 2. The topological polar surface area (TPSA) is 41.4 Å². The molecule has 0 N–H and O–H groups in total. The highest BCUT2D eigenvalue weighted by molar-refractivity contribution is 5.81. The maximum atomic E-state index is 13.3. The quantitative estimate of drug-likeness (QED) is 0.838. The van der Waals surface area contributed by atoms with Crippen LogP contribution in [0.5, 0.6) is 0 Å². The number of alkyl halides is 2. The van der Waals surface area contributed by atoms with Crippen LogP contribution < -0.4 is 4.90 Å². The molecule has 2 aliphatic heterocycles. The van der Waals surface area contributed by atoms with E-state index in [4.69, 9.17) is 0 Å². The first kappa shape index (κ1) is 16.3. The number of nitrogens with zero attached hydrogens (tertiary/aromatic N) is 4. The molecular weight excluding hydrogens is 326 g/mol. The lowest BCUT2D eigenvalue weighted by atomic mass is 10.0. The number of carbonyl (C=O) groups is 1. The molecule has 1 aromatic heterocycles. The minimum atomic E-state index is -2.62. The van der Waals surface area contributed by atoms with Crippen LogP contribution >= 0.6 is 0 Å². The van der Waals surface area contributed by atoms with Crippen LogP contribution in [-0.2, 0) is 11.8 Å². The van der Waals surface area contributed by atoms with Gasteiger partial charge in [0.1, 0.15) is 0 Å². The molecule has 0 radical (unpaired) electrons. The molecule has 0 aliphatic carbocycles. The number of hydrogen-bond donors (Lipinski definition) is 0. The van der Waals surface area contributed by atoms with Crippen LogP contribution in [0.2, 0.25) is 0 Å². The maximum Gasteiger partial charge on any atom is 0.251 e. The monoisotopic (exact) mass is 348 g/mol. The fraction of sp³-hybridized carbons (Fsp3) is 0.556. The van der Waals surface area contributed by atoms with E-state index in [2.05, 4.69) is 9.88 Å². The molecule has 2 aliphatic rings. The van der Waals surface area contributed by atoms with Gasteiger partial charge in [-0.05, 0) is 18.6 Å². The number of benzene rings is 1. The Balaban J connectivity index is 1.46. The normalized spacial score (nSPS) is 23.4. The molecule has 3 heterocycles. The van der Waals surface area contributed by atoms with Crippen molar-refractivity contribution >= 4 is 22.9 Å². The first-order chi connectivity index (χ1) is 11.9. The van der Waals surface area contributed by atoms with Crippen LogP contribution in [0.3, 0.4) is 0 Å². The third kappa shape index (κ3) is 2.96. The summed E-state index contributed by atoms with van der Waals surface area (Å²) in [4.78, 5) is 21.1. The molecular formula is C18H22F2N4O. The zero-order valence-electron chi connectivity index (χ0n) is 14.3. The highest BCUT2D eigenvalue weighted by Gasteiger charge is 2.39. The maximum absolute atomic E-state index is 13.3. The number of fused-ring (bicyclic) bond motifs is 1. The van der Waals surface area contributed by atoms with Crippen molar-refractivity contribution in [3.05, 3.63) is 24.3 Å². The summed E-state index contributed by atoms with van der Waals surface area (Å²) in [5, 5.41) is 0. The van der Waals surface area contributed by atoms with Crippen molar-refractivity contribution < 1.29 is 13.6 Å². The Hall–Kier alpha value is -2.18. The summed E-state index contributed by atoms with van der Waals surface area (Å²) < 4.78 is 28.6. The Kier molecular flexibility index (Phi) is 3.89. The molecule has 1 atom stereocenters. The second kappa shape index (κ2) is 5.97. The van der Waals surface area contributed by atoms with Crippen molar-refractivity contribution in [3.8, 4) is 0 Å². The average molecular weight is 348 g/mol. The lowest BCUT2D eigenvalue weighted by molar-refractivity contribution is -0.140. The van der Waals surface area contributed by atoms with Crippen molar-refractivity contribution in [3.63, 3.8) is 0 Å². The Morgan fingerprint density at radius 2 is 1.92 bits per heavy atom. The van der Waals surface area contributed by atoms with E-state index >= 15 is 0 Å². The lowest BCUT2D eigenvalue weighted by Crippen LogP contribution is -2.45. The zero-order chi connectivity index (χ0) is 17.6. The number of imidazole rings is 1. The van der Waals surface area contributed by atoms with Crippen LogP contribution in [0, 0.1) is 5.92 Å². The number of carbonyl (C=O) groups excluding carboxylic acids is 1. The minimum absolute atomic E-state index is 0.0109. The summed E-state index contributed by atoms with van der Waals surface area (Å²) in [5.74, 6) is -1.88. The lowest BCUT2D eigenvalue weighted by Gasteiger charge is -2.33. The number of amides is 1. The number of hydrogen-bond acceptors (Lipinski definition) is 3. The van der Waals surface area contributed by atoms with Crippen LogP contribution in [0.4, 0.5) is 14.7 Å². The Labute approximate surface area is 145 Å². The van der Waals surface area contributed by atoms with Crippen molar-refractivity contribution in [1.82, 2.24) is 14.5 Å². The van der Waals surface area contributed by atoms with Gasteiger partial charge in [-0.1, -0.05) is 12.1 Å². The Bertz CT molecular complexity index is 793.